The molecule has 0 spiro atoms. The van der Waals surface area contributed by atoms with Crippen molar-refractivity contribution in [2.75, 3.05) is 0 Å². The number of hydrogen-bond donors (Lipinski definition) is 0. The van der Waals surface area contributed by atoms with Gasteiger partial charge in [0.25, 0.3) is 0 Å². The van der Waals surface area contributed by atoms with Crippen LogP contribution in [-0.4, -0.2) is 12.2 Å². The van der Waals surface area contributed by atoms with E-state index in [4.69, 9.17) is 28.1 Å². The van der Waals surface area contributed by atoms with Gasteiger partial charge >= 0.3 is 35.0 Å². The molecule has 7 heteroatoms. The standard InChI is InChI=1S/C31H30O2P2.2ClH.Pd/c1-5-13-26(14-6-1)34(27-15-7-2-8-16-27)32-25-21-24-22-31(30(24)23-25)33-35(28-17-9-3-10-18-28)29-19-11-4-12-20-29;;;/h1-20,24-25,30-31H,21-23H2;2*1H;/q;;;+2/p-2/t24-,25-,30-,31+;;;/m0.../s1. The Bertz CT molecular complexity index is 1080. The van der Waals surface area contributed by atoms with E-state index < -0.39 is 16.3 Å². The van der Waals surface area contributed by atoms with Crippen LogP contribution in [0.15, 0.2) is 121 Å². The minimum Gasteiger partial charge on any atom is -0.346 e. The number of rotatable bonds is 8. The Morgan fingerprint density at radius 3 is 1.29 bits per heavy atom. The van der Waals surface area contributed by atoms with Crippen molar-refractivity contribution in [2.24, 2.45) is 11.8 Å². The van der Waals surface area contributed by atoms with E-state index in [9.17, 15) is 0 Å². The Morgan fingerprint density at radius 2 is 0.895 bits per heavy atom. The fraction of sp³-hybridized carbons (Fsp3) is 0.226. The zero-order valence-corrected chi connectivity index (χ0v) is 25.6. The van der Waals surface area contributed by atoms with E-state index >= 15 is 0 Å². The quantitative estimate of drug-likeness (QED) is 0.141. The van der Waals surface area contributed by atoms with Gasteiger partial charge in [-0.25, -0.2) is 0 Å². The summed E-state index contributed by atoms with van der Waals surface area (Å²) in [4.78, 5) is 0. The maximum absolute atomic E-state index is 6.91. The molecule has 0 unspecified atom stereocenters. The molecule has 2 nitrogen and oxygen atoms in total. The summed E-state index contributed by atoms with van der Waals surface area (Å²) in [6, 6.07) is 43.0. The Kier molecular flexibility index (Phi) is 10.9. The van der Waals surface area contributed by atoms with E-state index in [1.54, 1.807) is 0 Å². The zero-order valence-electron chi connectivity index (χ0n) is 20.8. The Balaban J connectivity index is 0.000000937. The molecule has 0 N–H and O–H groups in total. The fourth-order valence-electron chi connectivity index (χ4n) is 5.40. The van der Waals surface area contributed by atoms with Crippen LogP contribution in [0.4, 0.5) is 0 Å². The normalized spacial score (nSPS) is 22.0. The first-order chi connectivity index (χ1) is 18.8. The summed E-state index contributed by atoms with van der Waals surface area (Å²) >= 11 is -0.106. The van der Waals surface area contributed by atoms with Gasteiger partial charge < -0.3 is 9.05 Å². The van der Waals surface area contributed by atoms with Crippen molar-refractivity contribution in [3.8, 4) is 0 Å². The van der Waals surface area contributed by atoms with Gasteiger partial charge in [-0.2, -0.15) is 0 Å². The molecule has 4 aromatic rings. The first kappa shape index (κ1) is 28.4. The molecule has 6 rings (SSSR count). The average Bonchev–Trinajstić information content (AvgIpc) is 3.30. The molecule has 0 saturated heterocycles. The summed E-state index contributed by atoms with van der Waals surface area (Å²) < 4.78 is 13.8. The van der Waals surface area contributed by atoms with Crippen molar-refractivity contribution < 1.29 is 25.0 Å². The minimum absolute atomic E-state index is 0.106. The van der Waals surface area contributed by atoms with E-state index in [1.807, 2.05) is 0 Å². The predicted molar refractivity (Wildman–Crippen MR) is 160 cm³/mol. The third-order valence-electron chi connectivity index (χ3n) is 7.18. The second-order valence-corrected chi connectivity index (χ2v) is 15.5. The number of halogens is 2. The molecule has 2 aliphatic carbocycles. The monoisotopic (exact) mass is 672 g/mol. The van der Waals surface area contributed by atoms with Gasteiger partial charge in [0.2, 0.25) is 0 Å². The van der Waals surface area contributed by atoms with Gasteiger partial charge in [0.1, 0.15) is 0 Å². The minimum atomic E-state index is -0.812. The summed E-state index contributed by atoms with van der Waals surface area (Å²) in [5.41, 5.74) is 0. The summed E-state index contributed by atoms with van der Waals surface area (Å²) in [5.74, 6) is 1.32. The van der Waals surface area contributed by atoms with Crippen LogP contribution in [0.3, 0.4) is 0 Å². The molecule has 0 amide bonds. The third kappa shape index (κ3) is 7.15. The number of hydrogen-bond acceptors (Lipinski definition) is 2. The molecule has 0 bridgehead atoms. The first-order valence-electron chi connectivity index (χ1n) is 12.7. The smallest absolute Gasteiger partial charge is 0.0921 e. The zero-order chi connectivity index (χ0) is 26.2. The fourth-order valence-corrected chi connectivity index (χ4v) is 9.23. The predicted octanol–water partition coefficient (Wildman–Crippen LogP) is 7.66. The molecule has 2 fully saturated rings. The van der Waals surface area contributed by atoms with E-state index in [1.165, 1.54) is 21.2 Å². The average molecular weight is 674 g/mol. The van der Waals surface area contributed by atoms with Crippen LogP contribution < -0.4 is 21.2 Å². The van der Waals surface area contributed by atoms with E-state index in [0.29, 0.717) is 18.1 Å². The molecule has 38 heavy (non-hydrogen) atoms. The van der Waals surface area contributed by atoms with Crippen LogP contribution >= 0.6 is 35.4 Å². The van der Waals surface area contributed by atoms with Gasteiger partial charge in [-0.3, -0.25) is 0 Å². The molecule has 0 aliphatic heterocycles. The van der Waals surface area contributed by atoms with E-state index in [-0.39, 0.29) is 15.9 Å². The van der Waals surface area contributed by atoms with Crippen molar-refractivity contribution in [3.05, 3.63) is 121 Å². The maximum atomic E-state index is 6.91. The summed E-state index contributed by atoms with van der Waals surface area (Å²) in [6.45, 7) is 0. The van der Waals surface area contributed by atoms with Gasteiger partial charge in [0, 0.05) is 21.2 Å². The van der Waals surface area contributed by atoms with Crippen LogP contribution in [0.25, 0.3) is 0 Å². The molecule has 0 heterocycles. The second-order valence-electron chi connectivity index (χ2n) is 9.48. The summed E-state index contributed by atoms with van der Waals surface area (Å²) in [6.07, 6.45) is 4.01. The first-order valence-corrected chi connectivity index (χ1v) is 19.3. The molecule has 4 aromatic carbocycles. The molecule has 0 radical (unpaired) electrons. The molecular weight excluding hydrogens is 644 g/mol. The van der Waals surface area contributed by atoms with Gasteiger partial charge in [-0.15, -0.1) is 0 Å². The second kappa shape index (κ2) is 14.5. The van der Waals surface area contributed by atoms with Crippen molar-refractivity contribution in [1.82, 2.24) is 0 Å². The molecule has 2 aliphatic rings. The van der Waals surface area contributed by atoms with Crippen LogP contribution in [0.2, 0.25) is 0 Å². The Hall–Kier alpha value is -1.10. The van der Waals surface area contributed by atoms with Crippen LogP contribution in [-0.2, 0) is 25.0 Å². The van der Waals surface area contributed by atoms with E-state index in [2.05, 4.69) is 121 Å². The van der Waals surface area contributed by atoms with Crippen molar-refractivity contribution in [2.45, 2.75) is 31.5 Å². The van der Waals surface area contributed by atoms with Crippen LogP contribution in [0, 0.1) is 11.8 Å². The molecular formula is C31H30Cl2O2P2Pd. The molecule has 0 aromatic heterocycles. The molecule has 2 saturated carbocycles. The Labute approximate surface area is 244 Å². The summed E-state index contributed by atoms with van der Waals surface area (Å²) in [5, 5.41) is 5.16. The maximum Gasteiger partial charge on any atom is 0.0921 e. The van der Waals surface area contributed by atoms with Crippen molar-refractivity contribution in [3.63, 3.8) is 0 Å². The van der Waals surface area contributed by atoms with Crippen molar-refractivity contribution >= 4 is 56.6 Å². The summed E-state index contributed by atoms with van der Waals surface area (Å²) in [7, 11) is 8.01. The van der Waals surface area contributed by atoms with Crippen molar-refractivity contribution in [1.29, 1.82) is 0 Å². The topological polar surface area (TPSA) is 18.5 Å². The third-order valence-corrected chi connectivity index (χ3v) is 11.2. The molecule has 4 atom stereocenters. The van der Waals surface area contributed by atoms with Gasteiger partial charge in [-0.1, -0.05) is 121 Å². The molecule has 200 valence electrons. The largest absolute Gasteiger partial charge is 0.346 e. The van der Waals surface area contributed by atoms with Gasteiger partial charge in [0.15, 0.2) is 0 Å². The number of benzene rings is 4. The van der Waals surface area contributed by atoms with E-state index in [0.717, 1.165) is 25.2 Å². The Morgan fingerprint density at radius 1 is 0.526 bits per heavy atom. The van der Waals surface area contributed by atoms with Crippen LogP contribution in [0.5, 0.6) is 0 Å². The van der Waals surface area contributed by atoms with Gasteiger partial charge in [0.05, 0.1) is 28.5 Å². The number of fused-ring (bicyclic) bond motifs is 1. The SMILES string of the molecule is [Cl][Pd][Cl].c1ccc(P(O[C@H]2C[C@H]3C[C@@H](OP(c4ccccc4)c4ccccc4)[C@H]3C2)c2ccccc2)cc1. The van der Waals surface area contributed by atoms with Crippen LogP contribution in [0.1, 0.15) is 19.3 Å². The van der Waals surface area contributed by atoms with Gasteiger partial charge in [-0.05, 0) is 31.1 Å².